The Morgan fingerprint density at radius 1 is 0.971 bits per heavy atom. The number of nitrogens with zero attached hydrogens (tertiary/aromatic N) is 1. The fraction of sp³-hybridized carbons (Fsp3) is 0.267. The van der Waals surface area contributed by atoms with Crippen molar-refractivity contribution in [3.8, 4) is 5.75 Å². The van der Waals surface area contributed by atoms with Gasteiger partial charge in [-0.1, -0.05) is 54.6 Å². The van der Waals surface area contributed by atoms with Crippen LogP contribution in [0.1, 0.15) is 52.3 Å². The van der Waals surface area contributed by atoms with Crippen LogP contribution in [0.2, 0.25) is 0 Å². The number of ether oxygens (including phenoxy) is 1. The van der Waals surface area contributed by atoms with Crippen molar-refractivity contribution in [2.75, 3.05) is 7.11 Å². The van der Waals surface area contributed by atoms with Crippen molar-refractivity contribution in [2.45, 2.75) is 45.2 Å². The maximum Gasteiger partial charge on any atom is 0.295 e. The van der Waals surface area contributed by atoms with E-state index in [0.717, 1.165) is 36.0 Å². The minimum atomic E-state index is -0.697. The quantitative estimate of drug-likeness (QED) is 0.306. The highest BCUT2D eigenvalue weighted by Crippen LogP contribution is 2.42. The van der Waals surface area contributed by atoms with Gasteiger partial charge in [0.2, 0.25) is 0 Å². The molecule has 0 radical (unpaired) electrons. The normalized spacial score (nSPS) is 19.0. The molecule has 0 saturated carbocycles. The minimum Gasteiger partial charge on any atom is -0.507 e. The standard InChI is InChI=1S/C30H29NO4/c1-19-9-3-7-13-24(19)27-26(28(32)22-16-15-20-10-4-5-11-21(20)17-22)29(33)30(34)31(27)18-23-12-6-8-14-25(23)35-2/h3,6-9,12-17,27,32H,4-5,10-11,18H2,1-2H3/b28-26+. The van der Waals surface area contributed by atoms with Gasteiger partial charge in [-0.2, -0.15) is 0 Å². The van der Waals surface area contributed by atoms with E-state index in [1.807, 2.05) is 73.7 Å². The van der Waals surface area contributed by atoms with Crippen molar-refractivity contribution >= 4 is 17.4 Å². The third-order valence-corrected chi connectivity index (χ3v) is 7.18. The summed E-state index contributed by atoms with van der Waals surface area (Å²) in [5, 5.41) is 11.5. The number of benzene rings is 3. The number of methoxy groups -OCH3 is 1. The Kier molecular flexibility index (Phi) is 6.16. The van der Waals surface area contributed by atoms with Crippen LogP contribution in [0.5, 0.6) is 5.75 Å². The van der Waals surface area contributed by atoms with Gasteiger partial charge in [0, 0.05) is 11.1 Å². The van der Waals surface area contributed by atoms with Crippen LogP contribution in [0.3, 0.4) is 0 Å². The summed E-state index contributed by atoms with van der Waals surface area (Å²) >= 11 is 0. The molecular weight excluding hydrogens is 438 g/mol. The van der Waals surface area contributed by atoms with Crippen molar-refractivity contribution in [2.24, 2.45) is 0 Å². The van der Waals surface area contributed by atoms with Crippen molar-refractivity contribution in [1.82, 2.24) is 4.90 Å². The molecule has 1 amide bonds. The van der Waals surface area contributed by atoms with Crippen molar-refractivity contribution in [3.63, 3.8) is 0 Å². The zero-order chi connectivity index (χ0) is 24.5. The first kappa shape index (κ1) is 22.9. The zero-order valence-corrected chi connectivity index (χ0v) is 20.1. The predicted octanol–water partition coefficient (Wildman–Crippen LogP) is 5.50. The largest absolute Gasteiger partial charge is 0.507 e. The van der Waals surface area contributed by atoms with Crippen molar-refractivity contribution in [3.05, 3.63) is 106 Å². The molecule has 178 valence electrons. The second-order valence-corrected chi connectivity index (χ2v) is 9.29. The molecule has 1 N–H and O–H groups in total. The van der Waals surface area contributed by atoms with E-state index >= 15 is 0 Å². The van der Waals surface area contributed by atoms with Gasteiger partial charge < -0.3 is 14.7 Å². The van der Waals surface area contributed by atoms with Gasteiger partial charge in [0.15, 0.2) is 0 Å². The van der Waals surface area contributed by atoms with E-state index in [0.29, 0.717) is 11.3 Å². The number of carbonyl (C=O) groups excluding carboxylic acids is 2. The average molecular weight is 468 g/mol. The number of hydrogen-bond donors (Lipinski definition) is 1. The Balaban J connectivity index is 1.65. The van der Waals surface area contributed by atoms with Crippen LogP contribution in [-0.2, 0) is 29.0 Å². The predicted molar refractivity (Wildman–Crippen MR) is 135 cm³/mol. The molecule has 0 aromatic heterocycles. The second-order valence-electron chi connectivity index (χ2n) is 9.29. The van der Waals surface area contributed by atoms with E-state index in [4.69, 9.17) is 4.74 Å². The molecule has 35 heavy (non-hydrogen) atoms. The van der Waals surface area contributed by atoms with Gasteiger partial charge in [0.05, 0.1) is 25.3 Å². The average Bonchev–Trinajstić information content (AvgIpc) is 3.13. The summed E-state index contributed by atoms with van der Waals surface area (Å²) in [6.07, 6.45) is 4.27. The van der Waals surface area contributed by atoms with Gasteiger partial charge in [-0.3, -0.25) is 9.59 Å². The smallest absolute Gasteiger partial charge is 0.295 e. The molecule has 1 aliphatic heterocycles. The first-order chi connectivity index (χ1) is 17.0. The number of aliphatic hydroxyl groups is 1. The van der Waals surface area contributed by atoms with Crippen LogP contribution < -0.4 is 4.74 Å². The molecule has 2 aliphatic rings. The van der Waals surface area contributed by atoms with E-state index in [1.165, 1.54) is 17.5 Å². The van der Waals surface area contributed by atoms with E-state index in [2.05, 4.69) is 0 Å². The number of carbonyl (C=O) groups is 2. The van der Waals surface area contributed by atoms with Crippen LogP contribution in [0.25, 0.3) is 5.76 Å². The lowest BCUT2D eigenvalue weighted by Gasteiger charge is -2.27. The Morgan fingerprint density at radius 2 is 1.69 bits per heavy atom. The number of aliphatic hydroxyl groups excluding tert-OH is 1. The number of rotatable bonds is 5. The molecule has 1 aliphatic carbocycles. The monoisotopic (exact) mass is 467 g/mol. The Morgan fingerprint density at radius 3 is 2.46 bits per heavy atom. The van der Waals surface area contributed by atoms with Crippen molar-refractivity contribution < 1.29 is 19.4 Å². The maximum absolute atomic E-state index is 13.4. The van der Waals surface area contributed by atoms with Gasteiger partial charge >= 0.3 is 0 Å². The number of hydrogen-bond acceptors (Lipinski definition) is 4. The third kappa shape index (κ3) is 4.12. The second kappa shape index (κ2) is 9.41. The minimum absolute atomic E-state index is 0.118. The lowest BCUT2D eigenvalue weighted by Crippen LogP contribution is -2.29. The molecule has 1 unspecified atom stereocenters. The summed E-state index contributed by atoms with van der Waals surface area (Å²) in [5.41, 5.74) is 5.77. The summed E-state index contributed by atoms with van der Waals surface area (Å²) in [6, 6.07) is 20.3. The number of para-hydroxylation sites is 1. The number of likely N-dealkylation sites (tertiary alicyclic amines) is 1. The molecule has 0 bridgehead atoms. The molecule has 3 aromatic rings. The highest BCUT2D eigenvalue weighted by molar-refractivity contribution is 6.46. The van der Waals surface area contributed by atoms with Crippen LogP contribution in [-0.4, -0.2) is 28.8 Å². The highest BCUT2D eigenvalue weighted by Gasteiger charge is 2.46. The van der Waals surface area contributed by atoms with Crippen LogP contribution in [0, 0.1) is 6.92 Å². The van der Waals surface area contributed by atoms with Gasteiger partial charge in [0.1, 0.15) is 11.5 Å². The summed E-state index contributed by atoms with van der Waals surface area (Å²) in [4.78, 5) is 28.3. The van der Waals surface area contributed by atoms with E-state index in [9.17, 15) is 14.7 Å². The Bertz CT molecular complexity index is 1340. The Hall–Kier alpha value is -3.86. The van der Waals surface area contributed by atoms with Crippen LogP contribution in [0.15, 0.2) is 72.3 Å². The molecule has 5 heteroatoms. The topological polar surface area (TPSA) is 66.8 Å². The summed E-state index contributed by atoms with van der Waals surface area (Å²) in [7, 11) is 1.59. The first-order valence-electron chi connectivity index (χ1n) is 12.1. The number of aryl methyl sites for hydroxylation is 3. The van der Waals surface area contributed by atoms with Gasteiger partial charge in [0.25, 0.3) is 11.7 Å². The molecule has 1 saturated heterocycles. The molecule has 3 aromatic carbocycles. The van der Waals surface area contributed by atoms with E-state index in [-0.39, 0.29) is 17.9 Å². The third-order valence-electron chi connectivity index (χ3n) is 7.18. The van der Waals surface area contributed by atoms with Gasteiger partial charge in [-0.05, 0) is 67.0 Å². The molecule has 1 heterocycles. The summed E-state index contributed by atoms with van der Waals surface area (Å²) in [6.45, 7) is 2.14. The Labute approximate surface area is 205 Å². The fourth-order valence-corrected chi connectivity index (χ4v) is 5.31. The summed E-state index contributed by atoms with van der Waals surface area (Å²) < 4.78 is 5.49. The lowest BCUT2D eigenvalue weighted by atomic mass is 9.88. The molecule has 5 nitrogen and oxygen atoms in total. The zero-order valence-electron chi connectivity index (χ0n) is 20.1. The molecule has 1 fully saturated rings. The van der Waals surface area contributed by atoms with Gasteiger partial charge in [-0.25, -0.2) is 0 Å². The van der Waals surface area contributed by atoms with Crippen molar-refractivity contribution in [1.29, 1.82) is 0 Å². The van der Waals surface area contributed by atoms with E-state index in [1.54, 1.807) is 12.0 Å². The molecule has 0 spiro atoms. The lowest BCUT2D eigenvalue weighted by molar-refractivity contribution is -0.140. The van der Waals surface area contributed by atoms with Gasteiger partial charge in [-0.15, -0.1) is 0 Å². The first-order valence-corrected chi connectivity index (χ1v) is 12.1. The SMILES string of the molecule is COc1ccccc1CN1C(=O)C(=O)/C(=C(/O)c2ccc3c(c2)CCCC3)C1c1ccccc1C. The summed E-state index contributed by atoms with van der Waals surface area (Å²) in [5.74, 6) is -0.757. The highest BCUT2D eigenvalue weighted by atomic mass is 16.5. The molecule has 5 rings (SSSR count). The number of ketones is 1. The maximum atomic E-state index is 13.4. The fourth-order valence-electron chi connectivity index (χ4n) is 5.31. The van der Waals surface area contributed by atoms with E-state index < -0.39 is 17.7 Å². The van der Waals surface area contributed by atoms with Crippen LogP contribution >= 0.6 is 0 Å². The molecule has 1 atom stereocenters. The van der Waals surface area contributed by atoms with Crippen LogP contribution in [0.4, 0.5) is 0 Å². The number of fused-ring (bicyclic) bond motifs is 1. The number of Topliss-reactive ketones (excluding diaryl/α,β-unsaturated/α-hetero) is 1. The number of amides is 1. The molecular formula is C30H29NO4.